The summed E-state index contributed by atoms with van der Waals surface area (Å²) in [6, 6.07) is 14.3. The normalized spacial score (nSPS) is 15.6. The highest BCUT2D eigenvalue weighted by atomic mass is 35.5. The van der Waals surface area contributed by atoms with Gasteiger partial charge in [-0.05, 0) is 30.7 Å². The summed E-state index contributed by atoms with van der Waals surface area (Å²) in [7, 11) is 0. The van der Waals surface area contributed by atoms with Gasteiger partial charge in [-0.3, -0.25) is 15.0 Å². The van der Waals surface area contributed by atoms with Gasteiger partial charge in [0.2, 0.25) is 0 Å². The molecule has 7 nitrogen and oxygen atoms in total. The number of aryl methyl sites for hydroxylation is 1. The molecule has 0 bridgehead atoms. The minimum Gasteiger partial charge on any atom is -0.491 e. The second-order valence-electron chi connectivity index (χ2n) is 6.79. The van der Waals surface area contributed by atoms with E-state index in [2.05, 4.69) is 41.0 Å². The fourth-order valence-corrected chi connectivity index (χ4v) is 3.30. The van der Waals surface area contributed by atoms with Crippen LogP contribution in [0, 0.1) is 17.0 Å². The van der Waals surface area contributed by atoms with Crippen molar-refractivity contribution in [2.75, 3.05) is 44.2 Å². The van der Waals surface area contributed by atoms with Gasteiger partial charge in [-0.15, -0.1) is 12.4 Å². The smallest absolute Gasteiger partial charge is 0.269 e. The Balaban J connectivity index is 0.00000280. The molecule has 8 heteroatoms. The second kappa shape index (κ2) is 10.3. The van der Waals surface area contributed by atoms with Crippen LogP contribution in [-0.2, 0) is 0 Å². The number of nitrogens with zero attached hydrogens (tertiary/aromatic N) is 3. The number of halogens is 1. The summed E-state index contributed by atoms with van der Waals surface area (Å²) in [4.78, 5) is 14.8. The minimum atomic E-state index is -0.606. The molecule has 0 aliphatic carbocycles. The molecule has 3 rings (SSSR count). The van der Waals surface area contributed by atoms with Crippen LogP contribution in [0.5, 0.6) is 5.75 Å². The van der Waals surface area contributed by atoms with E-state index in [0.717, 1.165) is 26.2 Å². The van der Waals surface area contributed by atoms with Crippen LogP contribution in [0.4, 0.5) is 11.4 Å². The Labute approximate surface area is 171 Å². The first-order valence-electron chi connectivity index (χ1n) is 9.11. The van der Waals surface area contributed by atoms with E-state index in [0.29, 0.717) is 12.3 Å². The fraction of sp³-hybridized carbons (Fsp3) is 0.400. The van der Waals surface area contributed by atoms with Crippen molar-refractivity contribution in [1.29, 1.82) is 0 Å². The third-order valence-electron chi connectivity index (χ3n) is 4.79. The molecule has 2 aromatic rings. The Kier molecular flexibility index (Phi) is 8.04. The van der Waals surface area contributed by atoms with E-state index in [1.54, 1.807) is 12.1 Å². The monoisotopic (exact) mass is 407 g/mol. The number of anilines is 1. The number of nitro groups is 1. The maximum Gasteiger partial charge on any atom is 0.269 e. The molecule has 1 saturated heterocycles. The van der Waals surface area contributed by atoms with Gasteiger partial charge in [0.1, 0.15) is 18.5 Å². The Hall–Kier alpha value is -2.35. The molecule has 1 aliphatic heterocycles. The molecule has 28 heavy (non-hydrogen) atoms. The molecular formula is C20H26ClN3O4. The van der Waals surface area contributed by atoms with Crippen molar-refractivity contribution in [1.82, 2.24) is 4.90 Å². The van der Waals surface area contributed by atoms with Gasteiger partial charge < -0.3 is 14.7 Å². The van der Waals surface area contributed by atoms with E-state index in [1.807, 2.05) is 0 Å². The number of rotatable bonds is 7. The molecule has 1 atom stereocenters. The van der Waals surface area contributed by atoms with Crippen molar-refractivity contribution >= 4 is 23.8 Å². The van der Waals surface area contributed by atoms with Gasteiger partial charge in [0.15, 0.2) is 0 Å². The zero-order chi connectivity index (χ0) is 19.2. The topological polar surface area (TPSA) is 79.1 Å². The van der Waals surface area contributed by atoms with Gasteiger partial charge in [0, 0.05) is 50.5 Å². The van der Waals surface area contributed by atoms with E-state index in [1.165, 1.54) is 23.4 Å². The van der Waals surface area contributed by atoms with Crippen LogP contribution >= 0.6 is 12.4 Å². The number of nitro benzene ring substituents is 1. The highest BCUT2D eigenvalue weighted by Gasteiger charge is 2.20. The predicted octanol–water partition coefficient (Wildman–Crippen LogP) is 2.89. The molecule has 152 valence electrons. The number of aliphatic hydroxyl groups is 1. The first kappa shape index (κ1) is 21.9. The lowest BCUT2D eigenvalue weighted by atomic mass is 10.1. The molecule has 0 saturated carbocycles. The van der Waals surface area contributed by atoms with Crippen molar-refractivity contribution in [2.45, 2.75) is 13.0 Å². The van der Waals surface area contributed by atoms with E-state index < -0.39 is 11.0 Å². The third kappa shape index (κ3) is 5.82. The van der Waals surface area contributed by atoms with Crippen LogP contribution in [0.2, 0.25) is 0 Å². The van der Waals surface area contributed by atoms with Gasteiger partial charge in [-0.2, -0.15) is 0 Å². The van der Waals surface area contributed by atoms with E-state index in [4.69, 9.17) is 4.74 Å². The van der Waals surface area contributed by atoms with Crippen LogP contribution in [0.15, 0.2) is 48.5 Å². The molecule has 1 aliphatic rings. The number of β-amino-alcohol motifs (C(OH)–C–C–N with tert-alkyl or cyclic N) is 1. The average molecular weight is 408 g/mol. The Morgan fingerprint density at radius 3 is 2.36 bits per heavy atom. The van der Waals surface area contributed by atoms with Gasteiger partial charge in [-0.25, -0.2) is 0 Å². The zero-order valence-corrected chi connectivity index (χ0v) is 16.7. The summed E-state index contributed by atoms with van der Waals surface area (Å²) >= 11 is 0. The molecule has 0 spiro atoms. The fourth-order valence-electron chi connectivity index (χ4n) is 3.30. The zero-order valence-electron chi connectivity index (χ0n) is 15.9. The summed E-state index contributed by atoms with van der Waals surface area (Å²) in [5.41, 5.74) is 2.58. The Bertz CT molecular complexity index is 764. The standard InChI is InChI=1S/C20H25N3O4.ClH/c1-16-4-2-3-5-20(16)22-12-10-21(11-13-22)14-18(24)15-27-19-8-6-17(7-9-19)23(25)26;/h2-9,18,24H,10-15H2,1H3;1H. The molecule has 0 amide bonds. The van der Waals surface area contributed by atoms with Gasteiger partial charge in [-0.1, -0.05) is 18.2 Å². The van der Waals surface area contributed by atoms with Gasteiger partial charge in [0.25, 0.3) is 5.69 Å². The average Bonchev–Trinajstić information content (AvgIpc) is 2.68. The lowest BCUT2D eigenvalue weighted by molar-refractivity contribution is -0.384. The number of hydrogen-bond acceptors (Lipinski definition) is 6. The first-order chi connectivity index (χ1) is 13.0. The number of piperazine rings is 1. The van der Waals surface area contributed by atoms with Crippen molar-refractivity contribution in [3.05, 3.63) is 64.2 Å². The molecule has 0 radical (unpaired) electrons. The molecule has 1 unspecified atom stereocenters. The molecular weight excluding hydrogens is 382 g/mol. The van der Waals surface area contributed by atoms with Crippen molar-refractivity contribution in [2.24, 2.45) is 0 Å². The molecule has 1 heterocycles. The maximum atomic E-state index is 10.6. The van der Waals surface area contributed by atoms with Crippen LogP contribution in [-0.4, -0.2) is 60.4 Å². The van der Waals surface area contributed by atoms with E-state index in [-0.39, 0.29) is 24.7 Å². The van der Waals surface area contributed by atoms with Crippen LogP contribution in [0.1, 0.15) is 5.56 Å². The molecule has 2 aromatic carbocycles. The number of ether oxygens (including phenoxy) is 1. The first-order valence-corrected chi connectivity index (χ1v) is 9.11. The molecule has 1 N–H and O–H groups in total. The van der Waals surface area contributed by atoms with E-state index in [9.17, 15) is 15.2 Å². The summed E-state index contributed by atoms with van der Waals surface area (Å²) < 4.78 is 5.54. The third-order valence-corrected chi connectivity index (χ3v) is 4.79. The van der Waals surface area contributed by atoms with Crippen LogP contribution in [0.25, 0.3) is 0 Å². The van der Waals surface area contributed by atoms with Crippen molar-refractivity contribution in [3.63, 3.8) is 0 Å². The Morgan fingerprint density at radius 2 is 1.75 bits per heavy atom. The van der Waals surface area contributed by atoms with Crippen molar-refractivity contribution < 1.29 is 14.8 Å². The number of hydrogen-bond donors (Lipinski definition) is 1. The van der Waals surface area contributed by atoms with Gasteiger partial charge >= 0.3 is 0 Å². The lowest BCUT2D eigenvalue weighted by Gasteiger charge is -2.37. The molecule has 0 aromatic heterocycles. The predicted molar refractivity (Wildman–Crippen MR) is 112 cm³/mol. The summed E-state index contributed by atoms with van der Waals surface area (Å²) in [5, 5.41) is 20.9. The number of benzene rings is 2. The largest absolute Gasteiger partial charge is 0.491 e. The quantitative estimate of drug-likeness (QED) is 0.561. The number of para-hydroxylation sites is 1. The van der Waals surface area contributed by atoms with Gasteiger partial charge in [0.05, 0.1) is 4.92 Å². The van der Waals surface area contributed by atoms with Crippen LogP contribution in [0.3, 0.4) is 0 Å². The Morgan fingerprint density at radius 1 is 1.11 bits per heavy atom. The minimum absolute atomic E-state index is 0. The highest BCUT2D eigenvalue weighted by Crippen LogP contribution is 2.21. The van der Waals surface area contributed by atoms with E-state index >= 15 is 0 Å². The lowest BCUT2D eigenvalue weighted by Crippen LogP contribution is -2.49. The molecule has 1 fully saturated rings. The van der Waals surface area contributed by atoms with Crippen molar-refractivity contribution in [3.8, 4) is 5.75 Å². The number of aliphatic hydroxyl groups excluding tert-OH is 1. The number of non-ortho nitro benzene ring substituents is 1. The summed E-state index contributed by atoms with van der Waals surface area (Å²) in [6.45, 7) is 6.48. The highest BCUT2D eigenvalue weighted by molar-refractivity contribution is 5.85. The summed E-state index contributed by atoms with van der Waals surface area (Å²) in [6.07, 6.45) is -0.606. The van der Waals surface area contributed by atoms with Crippen LogP contribution < -0.4 is 9.64 Å². The maximum absolute atomic E-state index is 10.6. The summed E-state index contributed by atoms with van der Waals surface area (Å²) in [5.74, 6) is 0.518. The second-order valence-corrected chi connectivity index (χ2v) is 6.79. The SMILES string of the molecule is Cc1ccccc1N1CCN(CC(O)COc2ccc([N+](=O)[O-])cc2)CC1.Cl.